The number of rotatable bonds is 3. The fourth-order valence-corrected chi connectivity index (χ4v) is 5.32. The molecule has 1 N–H and O–H groups in total. The number of benzene rings is 1. The molecule has 126 valence electrons. The summed E-state index contributed by atoms with van der Waals surface area (Å²) in [6.07, 6.45) is 3.31. The molecule has 1 aromatic carbocycles. The minimum absolute atomic E-state index is 0.113. The maximum atomic E-state index is 13.2. The van der Waals surface area contributed by atoms with Crippen LogP contribution < -0.4 is 5.49 Å². The topological polar surface area (TPSA) is 86.2 Å². The lowest BCUT2D eigenvalue weighted by Gasteiger charge is -2.14. The fraction of sp³-hybridized carbons (Fsp3) is 0.111. The highest BCUT2D eigenvalue weighted by Crippen LogP contribution is 2.31. The van der Waals surface area contributed by atoms with Crippen molar-refractivity contribution in [3.63, 3.8) is 0 Å². The van der Waals surface area contributed by atoms with Gasteiger partial charge in [-0.1, -0.05) is 23.8 Å². The van der Waals surface area contributed by atoms with Crippen LogP contribution in [-0.2, 0) is 9.84 Å². The molecule has 5 nitrogen and oxygen atoms in total. The molecule has 2 aromatic heterocycles. The summed E-state index contributed by atoms with van der Waals surface area (Å²) in [6.45, 7) is 1.87. The smallest absolute Gasteiger partial charge is 0.211 e. The molecule has 0 saturated heterocycles. The molecule has 0 fully saturated rings. The molecule has 2 heterocycles. The Kier molecular flexibility index (Phi) is 4.41. The number of nitrogens with zero attached hydrogens (tertiary/aromatic N) is 2. The van der Waals surface area contributed by atoms with Gasteiger partial charge in [-0.25, -0.2) is 8.42 Å². The Morgan fingerprint density at radius 3 is 2.44 bits per heavy atom. The summed E-state index contributed by atoms with van der Waals surface area (Å²) in [7, 11) is -3.93. The molecule has 0 aliphatic heterocycles. The van der Waals surface area contributed by atoms with Crippen LogP contribution >= 0.6 is 11.8 Å². The summed E-state index contributed by atoms with van der Waals surface area (Å²) < 4.78 is 27.8. The molecule has 0 saturated carbocycles. The second-order valence-corrected chi connectivity index (χ2v) is 8.17. The van der Waals surface area contributed by atoms with Crippen LogP contribution in [0.4, 0.5) is 0 Å². The van der Waals surface area contributed by atoms with Crippen LogP contribution in [0.2, 0.25) is 0 Å². The molecule has 3 rings (SSSR count). The SMILES string of the molecule is CSc1c(S(=O)(=O)c2ccc(C)cc2)c(=N)n2ccccc2c1C#N. The third-order valence-electron chi connectivity index (χ3n) is 3.92. The molecule has 0 atom stereocenters. The Morgan fingerprint density at radius 2 is 1.84 bits per heavy atom. The number of sulfone groups is 1. The monoisotopic (exact) mass is 369 g/mol. The van der Waals surface area contributed by atoms with E-state index in [-0.39, 0.29) is 20.8 Å². The van der Waals surface area contributed by atoms with Crippen LogP contribution in [0.5, 0.6) is 0 Å². The Labute approximate surface area is 150 Å². The molecule has 0 spiro atoms. The molecule has 0 bridgehead atoms. The lowest BCUT2D eigenvalue weighted by atomic mass is 10.2. The second-order valence-electron chi connectivity index (χ2n) is 5.47. The molecule has 0 amide bonds. The van der Waals surface area contributed by atoms with Crippen molar-refractivity contribution in [3.05, 3.63) is 65.3 Å². The maximum absolute atomic E-state index is 13.2. The summed E-state index contributed by atoms with van der Waals surface area (Å²) in [6, 6.07) is 13.8. The second kappa shape index (κ2) is 6.39. The highest BCUT2D eigenvalue weighted by Gasteiger charge is 2.27. The van der Waals surface area contributed by atoms with Crippen molar-refractivity contribution in [2.45, 2.75) is 21.6 Å². The van der Waals surface area contributed by atoms with E-state index in [2.05, 4.69) is 6.07 Å². The first-order valence-corrected chi connectivity index (χ1v) is 10.1. The van der Waals surface area contributed by atoms with Gasteiger partial charge in [-0.2, -0.15) is 5.26 Å². The number of hydrogen-bond acceptors (Lipinski definition) is 5. The Morgan fingerprint density at radius 1 is 1.16 bits per heavy atom. The van der Waals surface area contributed by atoms with Crippen molar-refractivity contribution in [3.8, 4) is 6.07 Å². The number of pyridine rings is 2. The minimum atomic E-state index is -3.93. The first-order valence-electron chi connectivity index (χ1n) is 7.39. The van der Waals surface area contributed by atoms with E-state index >= 15 is 0 Å². The van der Waals surface area contributed by atoms with Gasteiger partial charge in [0.05, 0.1) is 16.0 Å². The van der Waals surface area contributed by atoms with E-state index in [9.17, 15) is 13.7 Å². The molecule has 0 radical (unpaired) electrons. The molecular weight excluding hydrogens is 354 g/mol. The number of aromatic nitrogens is 1. The van der Waals surface area contributed by atoms with Gasteiger partial charge < -0.3 is 0 Å². The summed E-state index contributed by atoms with van der Waals surface area (Å²) in [5.74, 6) is 0. The average molecular weight is 369 g/mol. The summed E-state index contributed by atoms with van der Waals surface area (Å²) >= 11 is 1.17. The lowest BCUT2D eigenvalue weighted by molar-refractivity contribution is 0.590. The normalized spacial score (nSPS) is 11.4. The number of nitrogens with one attached hydrogen (secondary N) is 1. The quantitative estimate of drug-likeness (QED) is 0.719. The lowest BCUT2D eigenvalue weighted by Crippen LogP contribution is -2.24. The van der Waals surface area contributed by atoms with Gasteiger partial charge in [-0.05, 0) is 37.4 Å². The third kappa shape index (κ3) is 2.73. The zero-order chi connectivity index (χ0) is 18.2. The molecule has 25 heavy (non-hydrogen) atoms. The summed E-state index contributed by atoms with van der Waals surface area (Å²) in [5, 5.41) is 18.1. The van der Waals surface area contributed by atoms with Gasteiger partial charge in [-0.3, -0.25) is 9.81 Å². The highest BCUT2D eigenvalue weighted by atomic mass is 32.2. The van der Waals surface area contributed by atoms with Crippen LogP contribution in [0.15, 0.2) is 63.3 Å². The number of nitriles is 1. The number of hydrogen-bond donors (Lipinski definition) is 1. The number of thioether (sulfide) groups is 1. The minimum Gasteiger partial charge on any atom is -0.300 e. The number of aryl methyl sites for hydroxylation is 1. The molecule has 0 unspecified atom stereocenters. The van der Waals surface area contributed by atoms with Crippen LogP contribution in [0.1, 0.15) is 11.1 Å². The van der Waals surface area contributed by atoms with E-state index in [1.165, 1.54) is 28.3 Å². The fourth-order valence-electron chi connectivity index (χ4n) is 2.68. The van der Waals surface area contributed by atoms with Gasteiger partial charge in [0.15, 0.2) is 0 Å². The zero-order valence-corrected chi connectivity index (χ0v) is 15.3. The molecule has 3 aromatic rings. The third-order valence-corrected chi connectivity index (χ3v) is 6.69. The van der Waals surface area contributed by atoms with E-state index in [1.807, 2.05) is 6.92 Å². The van der Waals surface area contributed by atoms with E-state index in [1.54, 1.807) is 42.8 Å². The molecule has 0 aliphatic rings. The van der Waals surface area contributed by atoms with E-state index < -0.39 is 9.84 Å². The van der Waals surface area contributed by atoms with E-state index in [4.69, 9.17) is 5.41 Å². The average Bonchev–Trinajstić information content (AvgIpc) is 2.61. The highest BCUT2D eigenvalue weighted by molar-refractivity contribution is 7.99. The van der Waals surface area contributed by atoms with Gasteiger partial charge in [-0.15, -0.1) is 11.8 Å². The Balaban J connectivity index is 2.48. The Hall–Kier alpha value is -2.56. The van der Waals surface area contributed by atoms with Crippen LogP contribution in [0.3, 0.4) is 0 Å². The van der Waals surface area contributed by atoms with Crippen LogP contribution in [0.25, 0.3) is 5.52 Å². The standard InChI is InChI=1S/C18H15N3O2S2/c1-12-6-8-13(9-7-12)25(22,23)17-16(24-2)14(11-19)15-5-3-4-10-21(15)18(17)20/h3-10,20H,1-2H3. The molecular formula is C18H15N3O2S2. The molecule has 7 heteroatoms. The van der Waals surface area contributed by atoms with Crippen molar-refractivity contribution in [2.24, 2.45) is 0 Å². The van der Waals surface area contributed by atoms with Crippen molar-refractivity contribution in [1.29, 1.82) is 10.7 Å². The van der Waals surface area contributed by atoms with E-state index in [0.29, 0.717) is 10.4 Å². The summed E-state index contributed by atoms with van der Waals surface area (Å²) in [5.41, 5.74) is 1.57. The van der Waals surface area contributed by atoms with Gasteiger partial charge in [0.2, 0.25) is 9.84 Å². The van der Waals surface area contributed by atoms with Crippen molar-refractivity contribution in [1.82, 2.24) is 4.40 Å². The van der Waals surface area contributed by atoms with Crippen molar-refractivity contribution < 1.29 is 8.42 Å². The van der Waals surface area contributed by atoms with Gasteiger partial charge in [0, 0.05) is 11.1 Å². The van der Waals surface area contributed by atoms with Gasteiger partial charge in [0.25, 0.3) is 0 Å². The maximum Gasteiger partial charge on any atom is 0.211 e. The molecule has 0 aliphatic carbocycles. The van der Waals surface area contributed by atoms with Crippen LogP contribution in [-0.4, -0.2) is 19.1 Å². The van der Waals surface area contributed by atoms with E-state index in [0.717, 1.165) is 5.56 Å². The van der Waals surface area contributed by atoms with Gasteiger partial charge in [0.1, 0.15) is 16.5 Å². The zero-order valence-electron chi connectivity index (χ0n) is 13.6. The first kappa shape index (κ1) is 17.3. The number of fused-ring (bicyclic) bond motifs is 1. The predicted octanol–water partition coefficient (Wildman–Crippen LogP) is 3.15. The Bertz CT molecular complexity index is 1170. The largest absolute Gasteiger partial charge is 0.300 e. The first-order chi connectivity index (χ1) is 11.9. The van der Waals surface area contributed by atoms with Crippen molar-refractivity contribution in [2.75, 3.05) is 6.26 Å². The van der Waals surface area contributed by atoms with Gasteiger partial charge >= 0.3 is 0 Å². The summed E-state index contributed by atoms with van der Waals surface area (Å²) in [4.78, 5) is 0.282. The van der Waals surface area contributed by atoms with Crippen LogP contribution in [0, 0.1) is 23.7 Å². The van der Waals surface area contributed by atoms with Crippen molar-refractivity contribution >= 4 is 27.1 Å². The predicted molar refractivity (Wildman–Crippen MR) is 96.4 cm³/mol.